The van der Waals surface area contributed by atoms with Gasteiger partial charge in [-0.1, -0.05) is 0 Å². The highest BCUT2D eigenvalue weighted by molar-refractivity contribution is 7.03. The molecule has 0 aromatic carbocycles. The zero-order chi connectivity index (χ0) is 8.39. The predicted molar refractivity (Wildman–Crippen MR) is 45.4 cm³/mol. The lowest BCUT2D eigenvalue weighted by atomic mass is 10.0. The van der Waals surface area contributed by atoms with Crippen molar-refractivity contribution in [1.82, 2.24) is 4.37 Å². The van der Waals surface area contributed by atoms with Crippen LogP contribution in [-0.4, -0.2) is 23.4 Å². The van der Waals surface area contributed by atoms with Gasteiger partial charge in [0.1, 0.15) is 5.69 Å². The molecule has 0 spiro atoms. The molecule has 0 saturated carbocycles. The lowest BCUT2D eigenvalue weighted by Crippen LogP contribution is -2.14. The molecule has 0 aliphatic carbocycles. The molecule has 64 valence electrons. The van der Waals surface area contributed by atoms with Gasteiger partial charge in [-0.25, -0.2) is 0 Å². The number of Topliss-reactive ketones (excluding diaryl/α,β-unsaturated/α-hetero) is 1. The van der Waals surface area contributed by atoms with Crippen molar-refractivity contribution >= 4 is 17.3 Å². The summed E-state index contributed by atoms with van der Waals surface area (Å²) >= 11 is 1.32. The first kappa shape index (κ1) is 7.89. The van der Waals surface area contributed by atoms with Crippen LogP contribution in [0.15, 0.2) is 11.4 Å². The third-order valence-electron chi connectivity index (χ3n) is 1.99. The smallest absolute Gasteiger partial charge is 0.187 e. The fourth-order valence-electron chi connectivity index (χ4n) is 1.29. The third kappa shape index (κ3) is 1.40. The average Bonchev–Trinajstić information content (AvgIpc) is 2.77. The number of rotatable bonds is 2. The summed E-state index contributed by atoms with van der Waals surface area (Å²) < 4.78 is 9.13. The second-order valence-electron chi connectivity index (χ2n) is 2.81. The van der Waals surface area contributed by atoms with Crippen LogP contribution in [-0.2, 0) is 4.74 Å². The number of ether oxygens (including phenoxy) is 1. The molecule has 2 rings (SSSR count). The highest BCUT2D eigenvalue weighted by Gasteiger charge is 2.25. The van der Waals surface area contributed by atoms with Crippen LogP contribution in [0.2, 0.25) is 0 Å². The van der Waals surface area contributed by atoms with Gasteiger partial charge in [0.25, 0.3) is 0 Å². The van der Waals surface area contributed by atoms with E-state index in [9.17, 15) is 4.79 Å². The van der Waals surface area contributed by atoms with Crippen LogP contribution in [0.5, 0.6) is 0 Å². The monoisotopic (exact) mass is 183 g/mol. The fourth-order valence-corrected chi connectivity index (χ4v) is 1.81. The first-order valence-electron chi connectivity index (χ1n) is 3.90. The van der Waals surface area contributed by atoms with Gasteiger partial charge >= 0.3 is 0 Å². The Hall–Kier alpha value is -0.740. The standard InChI is InChI=1S/C8H9NO2S/c10-8(6-1-3-11-5-6)7-2-4-12-9-7/h2,4,6H,1,3,5H2. The molecule has 12 heavy (non-hydrogen) atoms. The molecular weight excluding hydrogens is 174 g/mol. The summed E-state index contributed by atoms with van der Waals surface area (Å²) in [7, 11) is 0. The van der Waals surface area contributed by atoms with E-state index in [1.54, 1.807) is 6.07 Å². The van der Waals surface area contributed by atoms with E-state index in [4.69, 9.17) is 4.74 Å². The minimum Gasteiger partial charge on any atom is -0.381 e. The van der Waals surface area contributed by atoms with Gasteiger partial charge < -0.3 is 4.74 Å². The van der Waals surface area contributed by atoms with E-state index < -0.39 is 0 Å². The molecule has 1 aliphatic heterocycles. The Morgan fingerprint density at radius 1 is 1.75 bits per heavy atom. The van der Waals surface area contributed by atoms with Crippen LogP contribution >= 0.6 is 11.5 Å². The number of hydrogen-bond donors (Lipinski definition) is 0. The zero-order valence-electron chi connectivity index (χ0n) is 6.53. The zero-order valence-corrected chi connectivity index (χ0v) is 7.34. The van der Waals surface area contributed by atoms with E-state index in [-0.39, 0.29) is 11.7 Å². The lowest BCUT2D eigenvalue weighted by molar-refractivity contribution is 0.0896. The summed E-state index contributed by atoms with van der Waals surface area (Å²) in [4.78, 5) is 11.6. The summed E-state index contributed by atoms with van der Waals surface area (Å²) in [5.74, 6) is 0.181. The van der Waals surface area contributed by atoms with Crippen molar-refractivity contribution < 1.29 is 9.53 Å². The predicted octanol–water partition coefficient (Wildman–Crippen LogP) is 1.36. The van der Waals surface area contributed by atoms with Gasteiger partial charge in [0.05, 0.1) is 6.61 Å². The minimum atomic E-state index is 0.0482. The van der Waals surface area contributed by atoms with E-state index in [0.29, 0.717) is 18.9 Å². The number of ketones is 1. The van der Waals surface area contributed by atoms with Crippen LogP contribution < -0.4 is 0 Å². The largest absolute Gasteiger partial charge is 0.381 e. The van der Waals surface area contributed by atoms with Gasteiger partial charge in [0.15, 0.2) is 5.78 Å². The summed E-state index contributed by atoms with van der Waals surface area (Å²) in [6.45, 7) is 1.27. The molecule has 1 unspecified atom stereocenters. The van der Waals surface area contributed by atoms with Crippen molar-refractivity contribution in [1.29, 1.82) is 0 Å². The van der Waals surface area contributed by atoms with Crippen LogP contribution in [0.1, 0.15) is 16.9 Å². The third-order valence-corrected chi connectivity index (χ3v) is 2.55. The van der Waals surface area contributed by atoms with Gasteiger partial charge in [-0.3, -0.25) is 4.79 Å². The van der Waals surface area contributed by atoms with Crippen molar-refractivity contribution in [2.75, 3.05) is 13.2 Å². The van der Waals surface area contributed by atoms with Crippen LogP contribution in [0, 0.1) is 5.92 Å². The second-order valence-corrected chi connectivity index (χ2v) is 3.48. The Labute approximate surface area is 74.5 Å². The van der Waals surface area contributed by atoms with Crippen molar-refractivity contribution in [2.24, 2.45) is 5.92 Å². The molecule has 4 heteroatoms. The van der Waals surface area contributed by atoms with Crippen molar-refractivity contribution in [2.45, 2.75) is 6.42 Å². The quantitative estimate of drug-likeness (QED) is 0.650. The SMILES string of the molecule is O=C(c1ccsn1)C1CCOC1. The molecule has 1 saturated heterocycles. The normalized spacial score (nSPS) is 22.8. The average molecular weight is 183 g/mol. The molecule has 3 nitrogen and oxygen atoms in total. The van der Waals surface area contributed by atoms with Crippen LogP contribution in [0.4, 0.5) is 0 Å². The number of hydrogen-bond acceptors (Lipinski definition) is 4. The van der Waals surface area contributed by atoms with Gasteiger partial charge in [-0.15, -0.1) is 0 Å². The number of nitrogens with zero attached hydrogens (tertiary/aromatic N) is 1. The molecule has 0 amide bonds. The number of aromatic nitrogens is 1. The summed E-state index contributed by atoms with van der Waals surface area (Å²) in [5, 5.41) is 1.82. The topological polar surface area (TPSA) is 39.2 Å². The van der Waals surface area contributed by atoms with E-state index in [1.165, 1.54) is 11.5 Å². The molecule has 1 aromatic rings. The first-order valence-corrected chi connectivity index (χ1v) is 4.74. The maximum atomic E-state index is 11.6. The molecule has 0 bridgehead atoms. The maximum Gasteiger partial charge on any atom is 0.187 e. The van der Waals surface area contributed by atoms with E-state index in [1.807, 2.05) is 5.38 Å². The molecule has 1 aliphatic rings. The Morgan fingerprint density at radius 3 is 3.25 bits per heavy atom. The number of carbonyl (C=O) groups is 1. The molecule has 1 aromatic heterocycles. The van der Waals surface area contributed by atoms with Gasteiger partial charge in [0, 0.05) is 17.9 Å². The highest BCUT2D eigenvalue weighted by Crippen LogP contribution is 2.17. The Bertz CT molecular complexity index is 265. The van der Waals surface area contributed by atoms with E-state index >= 15 is 0 Å². The Kier molecular flexibility index (Phi) is 2.19. The van der Waals surface area contributed by atoms with Crippen molar-refractivity contribution in [3.05, 3.63) is 17.1 Å². The summed E-state index contributed by atoms with van der Waals surface area (Å²) in [6.07, 6.45) is 0.844. The van der Waals surface area contributed by atoms with Crippen LogP contribution in [0.25, 0.3) is 0 Å². The second kappa shape index (κ2) is 3.33. The Morgan fingerprint density at radius 2 is 2.67 bits per heavy atom. The van der Waals surface area contributed by atoms with Gasteiger partial charge in [-0.2, -0.15) is 4.37 Å². The molecular formula is C8H9NO2S. The molecule has 2 heterocycles. The first-order chi connectivity index (χ1) is 5.88. The number of carbonyl (C=O) groups excluding carboxylic acids is 1. The summed E-state index contributed by atoms with van der Waals surface area (Å²) in [5.41, 5.74) is 0.593. The van der Waals surface area contributed by atoms with Crippen molar-refractivity contribution in [3.8, 4) is 0 Å². The molecule has 1 atom stereocenters. The Balaban J connectivity index is 2.09. The van der Waals surface area contributed by atoms with Crippen molar-refractivity contribution in [3.63, 3.8) is 0 Å². The van der Waals surface area contributed by atoms with E-state index in [0.717, 1.165) is 6.42 Å². The molecule has 0 radical (unpaired) electrons. The highest BCUT2D eigenvalue weighted by atomic mass is 32.1. The lowest BCUT2D eigenvalue weighted by Gasteiger charge is -2.01. The fraction of sp³-hybridized carbons (Fsp3) is 0.500. The minimum absolute atomic E-state index is 0.0482. The van der Waals surface area contributed by atoms with Crippen LogP contribution in [0.3, 0.4) is 0 Å². The maximum absolute atomic E-state index is 11.6. The molecule has 0 N–H and O–H groups in total. The van der Waals surface area contributed by atoms with E-state index in [2.05, 4.69) is 4.37 Å². The van der Waals surface area contributed by atoms with Gasteiger partial charge in [0.2, 0.25) is 0 Å². The molecule has 1 fully saturated rings. The van der Waals surface area contributed by atoms with Gasteiger partial charge in [-0.05, 0) is 24.0 Å². The summed E-state index contributed by atoms with van der Waals surface area (Å²) in [6, 6.07) is 1.77.